The lowest BCUT2D eigenvalue weighted by molar-refractivity contribution is -0.135. The SMILES string of the molecule is CC(C)c1ccc(NC(=O)c2ccc(S(=O)(=O)N(C)CC(=O)N3CCOCC3)o2)cc1. The van der Waals surface area contributed by atoms with Gasteiger partial charge in [-0.1, -0.05) is 26.0 Å². The zero-order valence-electron chi connectivity index (χ0n) is 17.8. The number of carbonyl (C=O) groups is 2. The summed E-state index contributed by atoms with van der Waals surface area (Å²) < 4.78 is 36.9. The highest BCUT2D eigenvalue weighted by Crippen LogP contribution is 2.21. The number of furan rings is 1. The van der Waals surface area contributed by atoms with Gasteiger partial charge in [0.1, 0.15) is 0 Å². The van der Waals surface area contributed by atoms with Crippen molar-refractivity contribution in [2.75, 3.05) is 45.2 Å². The summed E-state index contributed by atoms with van der Waals surface area (Å²) in [4.78, 5) is 26.3. The standard InChI is InChI=1S/C21H27N3O6S/c1-15(2)16-4-6-17(7-5-16)22-21(26)18-8-9-20(30-18)31(27,28)23(3)14-19(25)24-10-12-29-13-11-24/h4-9,15H,10-14H2,1-3H3,(H,22,26). The molecule has 0 spiro atoms. The molecule has 10 heteroatoms. The topological polar surface area (TPSA) is 109 Å². The molecule has 1 N–H and O–H groups in total. The van der Waals surface area contributed by atoms with Crippen LogP contribution < -0.4 is 5.32 Å². The van der Waals surface area contributed by atoms with Crippen molar-refractivity contribution in [3.05, 3.63) is 47.7 Å². The van der Waals surface area contributed by atoms with Crippen LogP contribution in [-0.2, 0) is 19.6 Å². The van der Waals surface area contributed by atoms with Gasteiger partial charge in [-0.25, -0.2) is 8.42 Å². The Morgan fingerprint density at radius 2 is 1.74 bits per heavy atom. The number of morpholine rings is 1. The van der Waals surface area contributed by atoms with Gasteiger partial charge in [0.25, 0.3) is 15.9 Å². The van der Waals surface area contributed by atoms with Gasteiger partial charge in [0.2, 0.25) is 11.0 Å². The Kier molecular flexibility index (Phi) is 7.14. The molecule has 0 radical (unpaired) electrons. The first-order valence-electron chi connectivity index (χ1n) is 10.0. The van der Waals surface area contributed by atoms with Gasteiger partial charge in [-0.15, -0.1) is 0 Å². The summed E-state index contributed by atoms with van der Waals surface area (Å²) in [6.45, 7) is 5.53. The van der Waals surface area contributed by atoms with Crippen LogP contribution in [0.4, 0.5) is 5.69 Å². The van der Waals surface area contributed by atoms with E-state index in [4.69, 9.17) is 9.15 Å². The largest absolute Gasteiger partial charge is 0.438 e. The van der Waals surface area contributed by atoms with E-state index < -0.39 is 21.0 Å². The number of nitrogens with zero attached hydrogens (tertiary/aromatic N) is 2. The average Bonchev–Trinajstić information content (AvgIpc) is 3.26. The van der Waals surface area contributed by atoms with E-state index in [1.54, 1.807) is 17.0 Å². The summed E-state index contributed by atoms with van der Waals surface area (Å²) >= 11 is 0. The van der Waals surface area contributed by atoms with Crippen molar-refractivity contribution in [2.24, 2.45) is 0 Å². The lowest BCUT2D eigenvalue weighted by atomic mass is 10.0. The first-order valence-corrected chi connectivity index (χ1v) is 11.5. The Morgan fingerprint density at radius 1 is 1.10 bits per heavy atom. The molecule has 0 bridgehead atoms. The van der Waals surface area contributed by atoms with Crippen molar-refractivity contribution >= 4 is 27.5 Å². The van der Waals surface area contributed by atoms with Crippen LogP contribution in [0.15, 0.2) is 45.9 Å². The van der Waals surface area contributed by atoms with E-state index in [0.717, 1.165) is 9.87 Å². The molecule has 168 valence electrons. The van der Waals surface area contributed by atoms with Crippen LogP contribution in [0.2, 0.25) is 0 Å². The fraction of sp³-hybridized carbons (Fsp3) is 0.429. The molecule has 31 heavy (non-hydrogen) atoms. The number of nitrogens with one attached hydrogen (secondary N) is 1. The van der Waals surface area contributed by atoms with Crippen molar-refractivity contribution in [2.45, 2.75) is 24.9 Å². The Balaban J connectivity index is 1.65. The third-order valence-electron chi connectivity index (χ3n) is 5.03. The normalized spacial score (nSPS) is 14.8. The molecule has 1 aliphatic heterocycles. The van der Waals surface area contributed by atoms with Gasteiger partial charge in [0.05, 0.1) is 19.8 Å². The number of amides is 2. The molecule has 2 heterocycles. The quantitative estimate of drug-likeness (QED) is 0.694. The molecule has 1 aliphatic rings. The predicted octanol–water partition coefficient (Wildman–Crippen LogP) is 2.13. The van der Waals surface area contributed by atoms with Crippen molar-refractivity contribution in [1.29, 1.82) is 0 Å². The predicted molar refractivity (Wildman–Crippen MR) is 114 cm³/mol. The molecular formula is C21H27N3O6S. The van der Waals surface area contributed by atoms with E-state index in [1.165, 1.54) is 19.2 Å². The third-order valence-corrected chi connectivity index (χ3v) is 6.70. The maximum Gasteiger partial charge on any atom is 0.291 e. The van der Waals surface area contributed by atoms with Gasteiger partial charge < -0.3 is 19.4 Å². The summed E-state index contributed by atoms with van der Waals surface area (Å²) in [7, 11) is -2.77. The number of sulfonamides is 1. The zero-order chi connectivity index (χ0) is 22.6. The number of ether oxygens (including phenoxy) is 1. The molecule has 0 atom stereocenters. The molecule has 0 saturated carbocycles. The fourth-order valence-electron chi connectivity index (χ4n) is 3.07. The second-order valence-corrected chi connectivity index (χ2v) is 9.58. The lowest BCUT2D eigenvalue weighted by Gasteiger charge is -2.28. The maximum atomic E-state index is 12.8. The third kappa shape index (κ3) is 5.52. The van der Waals surface area contributed by atoms with Crippen molar-refractivity contribution in [1.82, 2.24) is 9.21 Å². The number of likely N-dealkylation sites (N-methyl/N-ethyl adjacent to an activating group) is 1. The van der Waals surface area contributed by atoms with Gasteiger partial charge in [0.15, 0.2) is 5.76 Å². The van der Waals surface area contributed by atoms with Gasteiger partial charge >= 0.3 is 0 Å². The van der Waals surface area contributed by atoms with Crippen molar-refractivity contribution < 1.29 is 27.2 Å². The van der Waals surface area contributed by atoms with E-state index in [0.29, 0.717) is 37.9 Å². The van der Waals surface area contributed by atoms with Crippen molar-refractivity contribution in [3.63, 3.8) is 0 Å². The summed E-state index contributed by atoms with van der Waals surface area (Å²) in [5.41, 5.74) is 1.71. The smallest absolute Gasteiger partial charge is 0.291 e. The molecule has 2 amide bonds. The zero-order valence-corrected chi connectivity index (χ0v) is 18.6. The first kappa shape index (κ1) is 23.0. The average molecular weight is 450 g/mol. The van der Waals surface area contributed by atoms with Crippen LogP contribution in [0.25, 0.3) is 0 Å². The molecule has 2 aromatic rings. The molecule has 9 nitrogen and oxygen atoms in total. The highest BCUT2D eigenvalue weighted by Gasteiger charge is 2.29. The van der Waals surface area contributed by atoms with Crippen LogP contribution in [-0.4, -0.2) is 69.3 Å². The lowest BCUT2D eigenvalue weighted by Crippen LogP contribution is -2.46. The second-order valence-electron chi connectivity index (χ2n) is 7.60. The van der Waals surface area contributed by atoms with E-state index in [-0.39, 0.29) is 18.2 Å². The molecule has 1 aromatic carbocycles. The van der Waals surface area contributed by atoms with Crippen LogP contribution >= 0.6 is 0 Å². The number of rotatable bonds is 7. The van der Waals surface area contributed by atoms with Crippen molar-refractivity contribution in [3.8, 4) is 0 Å². The molecule has 1 fully saturated rings. The summed E-state index contributed by atoms with van der Waals surface area (Å²) in [5, 5.41) is 2.28. The number of benzene rings is 1. The number of hydrogen-bond donors (Lipinski definition) is 1. The Labute approximate surface area is 182 Å². The van der Waals surface area contributed by atoms with E-state index in [9.17, 15) is 18.0 Å². The molecule has 1 aromatic heterocycles. The summed E-state index contributed by atoms with van der Waals surface area (Å²) in [5.74, 6) is -0.649. The van der Waals surface area contributed by atoms with Crippen LogP contribution in [0.3, 0.4) is 0 Å². The summed E-state index contributed by atoms with van der Waals surface area (Å²) in [6, 6.07) is 9.89. The van der Waals surface area contributed by atoms with Gasteiger partial charge in [-0.2, -0.15) is 4.31 Å². The minimum atomic E-state index is -4.07. The number of hydrogen-bond acceptors (Lipinski definition) is 6. The van der Waals surface area contributed by atoms with Gasteiger partial charge in [0, 0.05) is 25.8 Å². The summed E-state index contributed by atoms with van der Waals surface area (Å²) in [6.07, 6.45) is 0. The van der Waals surface area contributed by atoms with Gasteiger partial charge in [-0.05, 0) is 35.7 Å². The minimum absolute atomic E-state index is 0.139. The number of carbonyl (C=O) groups excluding carboxylic acids is 2. The highest BCUT2D eigenvalue weighted by atomic mass is 32.2. The van der Waals surface area contributed by atoms with Crippen LogP contribution in [0.5, 0.6) is 0 Å². The molecule has 1 saturated heterocycles. The van der Waals surface area contributed by atoms with Crippen LogP contribution in [0, 0.1) is 0 Å². The highest BCUT2D eigenvalue weighted by molar-refractivity contribution is 7.89. The maximum absolute atomic E-state index is 12.8. The number of anilines is 1. The second kappa shape index (κ2) is 9.63. The van der Waals surface area contributed by atoms with E-state index >= 15 is 0 Å². The Bertz CT molecular complexity index is 1020. The van der Waals surface area contributed by atoms with Gasteiger partial charge in [-0.3, -0.25) is 9.59 Å². The monoisotopic (exact) mass is 449 g/mol. The Hall–Kier alpha value is -2.69. The Morgan fingerprint density at radius 3 is 2.35 bits per heavy atom. The fourth-order valence-corrected chi connectivity index (χ4v) is 4.09. The molecule has 0 unspecified atom stereocenters. The molecular weight excluding hydrogens is 422 g/mol. The van der Waals surface area contributed by atoms with Crippen LogP contribution in [0.1, 0.15) is 35.9 Å². The van der Waals surface area contributed by atoms with E-state index in [2.05, 4.69) is 19.2 Å². The van der Waals surface area contributed by atoms with E-state index in [1.807, 2.05) is 12.1 Å². The molecule has 0 aliphatic carbocycles. The minimum Gasteiger partial charge on any atom is -0.438 e. The first-order chi connectivity index (χ1) is 14.7. The molecule has 3 rings (SSSR count).